The summed E-state index contributed by atoms with van der Waals surface area (Å²) in [6.45, 7) is 33.3. The molecule has 0 bridgehead atoms. The van der Waals surface area contributed by atoms with Crippen molar-refractivity contribution in [2.75, 3.05) is 36.2 Å². The Morgan fingerprint density at radius 1 is 0.347 bits per heavy atom. The minimum atomic E-state index is 0.0542. The predicted molar refractivity (Wildman–Crippen MR) is 519 cm³/mol. The van der Waals surface area contributed by atoms with E-state index in [0.717, 1.165) is 147 Å². The lowest BCUT2D eigenvalue weighted by Crippen LogP contribution is -2.25. The fourth-order valence-corrected chi connectivity index (χ4v) is 17.1. The van der Waals surface area contributed by atoms with E-state index in [9.17, 15) is 10.5 Å². The second kappa shape index (κ2) is 51.2. The lowest BCUT2D eigenvalue weighted by Gasteiger charge is -2.33. The van der Waals surface area contributed by atoms with Crippen LogP contribution in [0.3, 0.4) is 0 Å². The summed E-state index contributed by atoms with van der Waals surface area (Å²) >= 11 is 0. The SMILES string of the molecule is C/C=C(\C#N)c1cc(OCCCCCC)c(/C(C#N)=C/c2cc(OCCCCCC)c(C)cc2OCCCCCC)cc1OCCCCCC.CCCCCCCCC1(CCCCCCCC)c2cc(C)ccc2-c2ccc(-c3ccc(N(c4ccc(C(C)CC)cc4)c4ccc(N(c5ccc(C)cc5)c5ccc(C(C)CC)cc5)cc4)cc3)cc21. The number of allylic oxidation sites excluding steroid dienone is 3. The van der Waals surface area contributed by atoms with Gasteiger partial charge in [-0.2, -0.15) is 10.5 Å². The van der Waals surface area contributed by atoms with Gasteiger partial charge in [0, 0.05) is 56.2 Å². The monoisotopic (exact) mass is 1630 g/mol. The van der Waals surface area contributed by atoms with Gasteiger partial charge < -0.3 is 28.7 Å². The Kier molecular flexibility index (Phi) is 40.3. The standard InChI is InChI=1S/C69H84N2.C44H64N2O4/c1-9-13-15-17-19-21-47-69(48-22-20-18-16-14-10-2)67-49-52(6)25-45-65(67)66-46-32-58(50-68(66)69)57-30-39-62(40-31-57)71(61-37-28-56(29-38-61)54(8)12-4)64-43-41-63(42-44-64)70(59-33-23-51(5)24-34-59)60-35-26-55(27-36-60)53(7)11-3;1-7-12-16-20-24-47-41-30-37(42(28-35(41)6)48-25-21-17-13-8-2)29-38(34-46)40-32-43(49-26-22-18-14-9-3)39(36(11-5)33-45)31-44(40)50-27-23-19-15-10-4/h23-46,49-50,53-54H,9-22,47-48H2,1-8H3;11,28-32H,7-10,12-27H2,1-6H3/b;36-11+,38-29+. The van der Waals surface area contributed by atoms with Gasteiger partial charge in [-0.25, -0.2) is 0 Å². The van der Waals surface area contributed by atoms with Crippen molar-refractivity contribution in [3.8, 4) is 57.4 Å². The minimum Gasteiger partial charge on any atom is -0.493 e. The molecule has 1 aliphatic rings. The lowest BCUT2D eigenvalue weighted by molar-refractivity contribution is 0.295. The van der Waals surface area contributed by atoms with E-state index in [2.05, 4.69) is 263 Å². The molecule has 1 aliphatic carbocycles. The smallest absolute Gasteiger partial charge is 0.128 e. The highest BCUT2D eigenvalue weighted by molar-refractivity contribution is 5.95. The molecular formula is C113H148N4O4. The summed E-state index contributed by atoms with van der Waals surface area (Å²) in [5.74, 6) is 3.73. The van der Waals surface area contributed by atoms with Gasteiger partial charge >= 0.3 is 0 Å². The Morgan fingerprint density at radius 2 is 0.686 bits per heavy atom. The zero-order valence-corrected chi connectivity index (χ0v) is 77.0. The van der Waals surface area contributed by atoms with Gasteiger partial charge in [-0.05, 0) is 250 Å². The van der Waals surface area contributed by atoms with Crippen LogP contribution in [0.1, 0.15) is 349 Å². The number of unbranched alkanes of at least 4 members (excludes halogenated alkanes) is 22. The number of ether oxygens (including phenoxy) is 4. The van der Waals surface area contributed by atoms with Crippen LogP contribution in [0.5, 0.6) is 23.0 Å². The number of nitriles is 2. The third-order valence-corrected chi connectivity index (χ3v) is 25.0. The first-order chi connectivity index (χ1) is 59.1. The van der Waals surface area contributed by atoms with Gasteiger partial charge in [0.25, 0.3) is 0 Å². The zero-order chi connectivity index (χ0) is 86.1. The molecule has 0 saturated carbocycles. The molecule has 0 fully saturated rings. The number of aryl methyl sites for hydroxylation is 3. The first-order valence-corrected chi connectivity index (χ1v) is 47.5. The molecule has 0 N–H and O–H groups in total. The fourth-order valence-electron chi connectivity index (χ4n) is 17.1. The van der Waals surface area contributed by atoms with E-state index >= 15 is 0 Å². The molecule has 0 saturated heterocycles. The van der Waals surface area contributed by atoms with Crippen LogP contribution in [0.25, 0.3) is 39.5 Å². The van der Waals surface area contributed by atoms with Gasteiger partial charge in [0.15, 0.2) is 0 Å². The van der Waals surface area contributed by atoms with Crippen LogP contribution in [0.4, 0.5) is 34.1 Å². The molecule has 0 aromatic heterocycles. The molecule has 8 heteroatoms. The van der Waals surface area contributed by atoms with Gasteiger partial charge in [-0.1, -0.05) is 319 Å². The second-order valence-corrected chi connectivity index (χ2v) is 34.4. The molecule has 9 aromatic carbocycles. The van der Waals surface area contributed by atoms with Crippen LogP contribution in [0.15, 0.2) is 188 Å². The Balaban J connectivity index is 0.000000294. The van der Waals surface area contributed by atoms with Crippen LogP contribution in [0.2, 0.25) is 0 Å². The summed E-state index contributed by atoms with van der Waals surface area (Å²) in [6.07, 6.45) is 41.8. The summed E-state index contributed by atoms with van der Waals surface area (Å²) in [5.41, 5.74) is 25.1. The number of benzene rings is 9. The molecule has 0 spiro atoms. The molecule has 0 amide bonds. The summed E-state index contributed by atoms with van der Waals surface area (Å²) in [7, 11) is 0. The molecule has 121 heavy (non-hydrogen) atoms. The third kappa shape index (κ3) is 27.1. The number of hydrogen-bond donors (Lipinski definition) is 0. The minimum absolute atomic E-state index is 0.0542. The molecule has 0 aliphatic heterocycles. The highest BCUT2D eigenvalue weighted by atomic mass is 16.5. The molecule has 0 heterocycles. The number of anilines is 6. The second-order valence-electron chi connectivity index (χ2n) is 34.4. The van der Waals surface area contributed by atoms with Crippen LogP contribution in [-0.2, 0) is 5.41 Å². The van der Waals surface area contributed by atoms with Crippen molar-refractivity contribution in [3.05, 3.63) is 244 Å². The van der Waals surface area contributed by atoms with E-state index in [4.69, 9.17) is 18.9 Å². The summed E-state index contributed by atoms with van der Waals surface area (Å²) in [4.78, 5) is 4.81. The first-order valence-electron chi connectivity index (χ1n) is 47.5. The molecule has 9 aromatic rings. The molecular weight excluding hydrogens is 1480 g/mol. The fraction of sp³-hybridized carbons (Fsp3) is 0.469. The van der Waals surface area contributed by atoms with Gasteiger partial charge in [0.1, 0.15) is 23.0 Å². The maximum absolute atomic E-state index is 10.7. The Morgan fingerprint density at radius 3 is 1.10 bits per heavy atom. The van der Waals surface area contributed by atoms with Crippen molar-refractivity contribution in [1.29, 1.82) is 10.5 Å². The van der Waals surface area contributed by atoms with Crippen molar-refractivity contribution in [2.24, 2.45) is 0 Å². The van der Waals surface area contributed by atoms with Gasteiger partial charge in [0.05, 0.1) is 49.7 Å². The van der Waals surface area contributed by atoms with E-state index in [-0.39, 0.29) is 5.41 Å². The van der Waals surface area contributed by atoms with Crippen molar-refractivity contribution in [1.82, 2.24) is 0 Å². The van der Waals surface area contributed by atoms with E-state index in [1.807, 2.05) is 44.2 Å². The molecule has 2 unspecified atom stereocenters. The normalized spacial score (nSPS) is 12.7. The largest absolute Gasteiger partial charge is 0.493 e. The van der Waals surface area contributed by atoms with Gasteiger partial charge in [-0.3, -0.25) is 0 Å². The third-order valence-electron chi connectivity index (χ3n) is 25.0. The highest BCUT2D eigenvalue weighted by Gasteiger charge is 2.42. The quantitative estimate of drug-likeness (QED) is 0.0212. The molecule has 0 radical (unpaired) electrons. The average Bonchev–Trinajstić information content (AvgIpc) is 1.56. The van der Waals surface area contributed by atoms with Crippen LogP contribution in [0, 0.1) is 43.4 Å². The lowest BCUT2D eigenvalue weighted by atomic mass is 9.70. The zero-order valence-electron chi connectivity index (χ0n) is 77.0. The molecule has 10 rings (SSSR count). The van der Waals surface area contributed by atoms with Crippen molar-refractivity contribution in [3.63, 3.8) is 0 Å². The average molecular weight is 1630 g/mol. The van der Waals surface area contributed by atoms with Crippen LogP contribution in [-0.4, -0.2) is 26.4 Å². The Bertz CT molecular complexity index is 4690. The van der Waals surface area contributed by atoms with Crippen LogP contribution < -0.4 is 28.7 Å². The highest BCUT2D eigenvalue weighted by Crippen LogP contribution is 2.56. The van der Waals surface area contributed by atoms with E-state index < -0.39 is 0 Å². The molecule has 2 atom stereocenters. The Labute approximate surface area is 733 Å². The number of fused-ring (bicyclic) bond motifs is 3. The molecule has 8 nitrogen and oxygen atoms in total. The van der Waals surface area contributed by atoms with E-state index in [1.54, 1.807) is 17.2 Å². The number of hydrogen-bond acceptors (Lipinski definition) is 8. The first kappa shape index (κ1) is 95.1. The topological polar surface area (TPSA) is 91.0 Å². The van der Waals surface area contributed by atoms with Crippen molar-refractivity contribution < 1.29 is 18.9 Å². The van der Waals surface area contributed by atoms with E-state index in [1.165, 1.54) is 160 Å². The summed E-state index contributed by atoms with van der Waals surface area (Å²) < 4.78 is 25.4. The van der Waals surface area contributed by atoms with Crippen molar-refractivity contribution in [2.45, 2.75) is 320 Å². The van der Waals surface area contributed by atoms with Gasteiger partial charge in [-0.15, -0.1) is 0 Å². The van der Waals surface area contributed by atoms with Crippen LogP contribution >= 0.6 is 0 Å². The number of rotatable bonds is 52. The Hall–Kier alpha value is -9.76. The summed E-state index contributed by atoms with van der Waals surface area (Å²) in [5, 5.41) is 20.7. The van der Waals surface area contributed by atoms with Gasteiger partial charge in [0.2, 0.25) is 0 Å². The summed E-state index contributed by atoms with van der Waals surface area (Å²) in [6, 6.07) is 73.4. The van der Waals surface area contributed by atoms with Crippen molar-refractivity contribution >= 4 is 51.3 Å². The number of nitrogens with zero attached hydrogens (tertiary/aromatic N) is 4. The maximum atomic E-state index is 10.7. The van der Waals surface area contributed by atoms with E-state index in [0.29, 0.717) is 72.0 Å². The maximum Gasteiger partial charge on any atom is 0.128 e. The molecule has 644 valence electrons. The predicted octanol–water partition coefficient (Wildman–Crippen LogP) is 34.5.